The fourth-order valence-corrected chi connectivity index (χ4v) is 3.19. The topological polar surface area (TPSA) is 46.2 Å². The summed E-state index contributed by atoms with van der Waals surface area (Å²) in [7, 11) is -3.24. The minimum absolute atomic E-state index is 0.163. The molecule has 0 saturated carbocycles. The smallest absolute Gasteiger partial charge is 0.232 e. The van der Waals surface area contributed by atoms with E-state index in [-0.39, 0.29) is 5.75 Å². The van der Waals surface area contributed by atoms with Gasteiger partial charge in [0.05, 0.1) is 5.75 Å². The Hall–Kier alpha value is -0.740. The molecule has 0 spiro atoms. The fourth-order valence-electron chi connectivity index (χ4n) is 1.68. The molecule has 0 aromatic heterocycles. The number of hydrogen-bond donors (Lipinski definition) is 1. The van der Waals surface area contributed by atoms with Crippen molar-refractivity contribution in [3.8, 4) is 0 Å². The van der Waals surface area contributed by atoms with E-state index in [1.165, 1.54) is 0 Å². The van der Waals surface area contributed by atoms with Gasteiger partial charge in [-0.25, -0.2) is 8.42 Å². The van der Waals surface area contributed by atoms with E-state index in [9.17, 15) is 8.42 Å². The molecule has 0 bridgehead atoms. The maximum Gasteiger partial charge on any atom is 0.232 e. The Kier molecular flexibility index (Phi) is 6.66. The monoisotopic (exact) mass is 303 g/mol. The molecule has 3 nitrogen and oxygen atoms in total. The molecule has 0 aliphatic heterocycles. The zero-order valence-corrected chi connectivity index (χ0v) is 13.1. The second-order valence-corrected chi connectivity index (χ2v) is 7.32. The number of halogens is 1. The Labute approximate surface area is 121 Å². The second kappa shape index (κ2) is 7.75. The molecular formula is C14H22ClNO2S. The third-order valence-electron chi connectivity index (χ3n) is 2.76. The van der Waals surface area contributed by atoms with E-state index in [1.54, 1.807) is 6.07 Å². The van der Waals surface area contributed by atoms with Crippen LogP contribution >= 0.6 is 11.6 Å². The summed E-state index contributed by atoms with van der Waals surface area (Å²) in [5.74, 6) is 1.16. The predicted octanol–water partition coefficient (Wildman–Crippen LogP) is 3.65. The number of sulfonamides is 1. The highest BCUT2D eigenvalue weighted by Crippen LogP contribution is 2.15. The molecule has 0 heterocycles. The lowest BCUT2D eigenvalue weighted by Crippen LogP contribution is -2.18. The summed E-state index contributed by atoms with van der Waals surface area (Å²) >= 11 is 5.66. The highest BCUT2D eigenvalue weighted by atomic mass is 35.5. The van der Waals surface area contributed by atoms with Crippen LogP contribution in [0, 0.1) is 5.92 Å². The van der Waals surface area contributed by atoms with Crippen LogP contribution < -0.4 is 4.72 Å². The van der Waals surface area contributed by atoms with Crippen molar-refractivity contribution in [3.63, 3.8) is 0 Å². The average molecular weight is 304 g/mol. The lowest BCUT2D eigenvalue weighted by atomic mass is 10.1. The van der Waals surface area contributed by atoms with Gasteiger partial charge in [-0.3, -0.25) is 4.72 Å². The van der Waals surface area contributed by atoms with E-state index in [4.69, 9.17) is 11.6 Å². The first kappa shape index (κ1) is 16.3. The highest BCUT2D eigenvalue weighted by Gasteiger charge is 2.11. The Balaban J connectivity index is 2.65. The Bertz CT molecular complexity index is 486. The minimum atomic E-state index is -3.24. The normalized spacial score (nSPS) is 11.8. The van der Waals surface area contributed by atoms with Crippen molar-refractivity contribution >= 4 is 27.3 Å². The van der Waals surface area contributed by atoms with Crippen molar-refractivity contribution in [2.75, 3.05) is 16.4 Å². The van der Waals surface area contributed by atoms with E-state index < -0.39 is 10.0 Å². The number of hydrogen-bond acceptors (Lipinski definition) is 2. The highest BCUT2D eigenvalue weighted by molar-refractivity contribution is 7.92. The van der Waals surface area contributed by atoms with Crippen molar-refractivity contribution in [1.82, 2.24) is 0 Å². The largest absolute Gasteiger partial charge is 0.284 e. The molecule has 0 radical (unpaired) electrons. The lowest BCUT2D eigenvalue weighted by molar-refractivity contribution is 0.578. The van der Waals surface area contributed by atoms with Crippen LogP contribution in [0.3, 0.4) is 0 Å². The van der Waals surface area contributed by atoms with Gasteiger partial charge in [0.1, 0.15) is 0 Å². The van der Waals surface area contributed by atoms with E-state index in [0.29, 0.717) is 23.9 Å². The number of rotatable bonds is 8. The molecule has 1 aromatic rings. The van der Waals surface area contributed by atoms with Crippen LogP contribution in [-0.2, 0) is 16.4 Å². The van der Waals surface area contributed by atoms with E-state index in [0.717, 1.165) is 18.4 Å². The summed E-state index contributed by atoms with van der Waals surface area (Å²) in [6.07, 6.45) is 2.43. The van der Waals surface area contributed by atoms with Crippen molar-refractivity contribution in [2.45, 2.75) is 33.1 Å². The number of nitrogens with one attached hydrogen (secondary N) is 1. The Morgan fingerprint density at radius 1 is 1.32 bits per heavy atom. The number of aryl methyl sites for hydroxylation is 1. The van der Waals surface area contributed by atoms with Gasteiger partial charge in [-0.15, -0.1) is 11.6 Å². The molecule has 1 rings (SSSR count). The molecule has 0 aliphatic rings. The van der Waals surface area contributed by atoms with Crippen LogP contribution in [0.15, 0.2) is 24.3 Å². The van der Waals surface area contributed by atoms with Gasteiger partial charge in [0.15, 0.2) is 0 Å². The second-order valence-electron chi connectivity index (χ2n) is 5.10. The SMILES string of the molecule is CC(C)CCS(=O)(=O)Nc1cccc(CCCCl)c1. The van der Waals surface area contributed by atoms with Crippen LogP contribution in [0.5, 0.6) is 0 Å². The van der Waals surface area contributed by atoms with E-state index >= 15 is 0 Å². The van der Waals surface area contributed by atoms with Crippen molar-refractivity contribution in [2.24, 2.45) is 5.92 Å². The summed E-state index contributed by atoms with van der Waals surface area (Å²) in [5.41, 5.74) is 1.74. The first-order valence-electron chi connectivity index (χ1n) is 6.58. The first-order chi connectivity index (χ1) is 8.93. The molecule has 0 fully saturated rings. The third-order valence-corrected chi connectivity index (χ3v) is 4.35. The summed E-state index contributed by atoms with van der Waals surface area (Å²) < 4.78 is 26.4. The molecule has 1 aromatic carbocycles. The first-order valence-corrected chi connectivity index (χ1v) is 8.77. The molecule has 0 saturated heterocycles. The summed E-state index contributed by atoms with van der Waals surface area (Å²) in [6, 6.07) is 7.50. The van der Waals surface area contributed by atoms with Crippen molar-refractivity contribution < 1.29 is 8.42 Å². The minimum Gasteiger partial charge on any atom is -0.284 e. The fraction of sp³-hybridized carbons (Fsp3) is 0.571. The Morgan fingerprint density at radius 3 is 2.68 bits per heavy atom. The zero-order valence-electron chi connectivity index (χ0n) is 11.5. The van der Waals surface area contributed by atoms with Gasteiger partial charge in [0.2, 0.25) is 10.0 Å². The molecule has 5 heteroatoms. The molecule has 0 amide bonds. The van der Waals surface area contributed by atoms with Gasteiger partial charge in [0, 0.05) is 11.6 Å². The predicted molar refractivity (Wildman–Crippen MR) is 82.3 cm³/mol. The zero-order chi connectivity index (χ0) is 14.3. The molecule has 1 N–H and O–H groups in total. The lowest BCUT2D eigenvalue weighted by Gasteiger charge is -2.10. The maximum atomic E-state index is 11.9. The summed E-state index contributed by atoms with van der Waals surface area (Å²) in [4.78, 5) is 0. The van der Waals surface area contributed by atoms with E-state index in [2.05, 4.69) is 4.72 Å². The molecule has 0 unspecified atom stereocenters. The van der Waals surface area contributed by atoms with Crippen LogP contribution in [0.4, 0.5) is 5.69 Å². The maximum absolute atomic E-state index is 11.9. The van der Waals surface area contributed by atoms with Crippen molar-refractivity contribution in [3.05, 3.63) is 29.8 Å². The quantitative estimate of drug-likeness (QED) is 0.745. The van der Waals surface area contributed by atoms with Gasteiger partial charge in [-0.1, -0.05) is 26.0 Å². The molecule has 0 aliphatic carbocycles. The Morgan fingerprint density at radius 2 is 2.05 bits per heavy atom. The van der Waals surface area contributed by atoms with Crippen LogP contribution in [0.2, 0.25) is 0 Å². The van der Waals surface area contributed by atoms with Crippen LogP contribution in [0.25, 0.3) is 0 Å². The molecular weight excluding hydrogens is 282 g/mol. The average Bonchev–Trinajstić information content (AvgIpc) is 2.34. The van der Waals surface area contributed by atoms with Gasteiger partial charge < -0.3 is 0 Å². The third kappa shape index (κ3) is 6.83. The van der Waals surface area contributed by atoms with Gasteiger partial charge in [-0.2, -0.15) is 0 Å². The number of alkyl halides is 1. The summed E-state index contributed by atoms with van der Waals surface area (Å²) in [6.45, 7) is 4.03. The van der Waals surface area contributed by atoms with E-state index in [1.807, 2.05) is 32.0 Å². The van der Waals surface area contributed by atoms with Crippen LogP contribution in [0.1, 0.15) is 32.3 Å². The number of benzene rings is 1. The van der Waals surface area contributed by atoms with Crippen molar-refractivity contribution in [1.29, 1.82) is 0 Å². The number of anilines is 1. The van der Waals surface area contributed by atoms with Gasteiger partial charge >= 0.3 is 0 Å². The molecule has 19 heavy (non-hydrogen) atoms. The standard InChI is InChI=1S/C14H22ClNO2S/c1-12(2)8-10-19(17,18)16-14-7-3-5-13(11-14)6-4-9-15/h3,5,7,11-12,16H,4,6,8-10H2,1-2H3. The van der Waals surface area contributed by atoms with Gasteiger partial charge in [-0.05, 0) is 42.9 Å². The molecule has 108 valence electrons. The van der Waals surface area contributed by atoms with Gasteiger partial charge in [0.25, 0.3) is 0 Å². The molecule has 0 atom stereocenters. The van der Waals surface area contributed by atoms with Crippen LogP contribution in [-0.4, -0.2) is 20.1 Å². The summed E-state index contributed by atoms with van der Waals surface area (Å²) in [5, 5.41) is 0.